The van der Waals surface area contributed by atoms with Gasteiger partial charge in [-0.05, 0) is 49.5 Å². The van der Waals surface area contributed by atoms with Crippen molar-refractivity contribution in [1.82, 2.24) is 24.4 Å². The number of aliphatic hydroxyl groups excluding tert-OH is 2. The number of anilines is 2. The molecule has 200 valence electrons. The fourth-order valence-electron chi connectivity index (χ4n) is 4.51. The molecule has 37 heavy (non-hydrogen) atoms. The van der Waals surface area contributed by atoms with Crippen LogP contribution in [0, 0.1) is 0 Å². The Morgan fingerprint density at radius 1 is 1.14 bits per heavy atom. The van der Waals surface area contributed by atoms with Crippen molar-refractivity contribution >= 4 is 28.6 Å². The number of likely N-dealkylation sites (N-methyl/N-ethyl adjacent to an activating group) is 1. The number of amides is 1. The van der Waals surface area contributed by atoms with Crippen LogP contribution in [-0.4, -0.2) is 79.0 Å². The van der Waals surface area contributed by atoms with E-state index in [2.05, 4.69) is 41.0 Å². The molecule has 3 heterocycles. The summed E-state index contributed by atoms with van der Waals surface area (Å²) in [5, 5.41) is 24.2. The van der Waals surface area contributed by atoms with E-state index < -0.39 is 24.5 Å². The largest absolute Gasteiger partial charge is 0.387 e. The molecule has 2 aromatic heterocycles. The maximum Gasteiger partial charge on any atom is 0.224 e. The van der Waals surface area contributed by atoms with Gasteiger partial charge in [0.15, 0.2) is 17.7 Å². The molecule has 1 saturated heterocycles. The number of carbonyl (C=O) groups is 1. The topological polar surface area (TPSA) is 152 Å². The number of hydrogen-bond donors (Lipinski definition) is 4. The average Bonchev–Trinajstić information content (AvgIpc) is 3.39. The van der Waals surface area contributed by atoms with E-state index in [-0.39, 0.29) is 17.1 Å². The molecule has 0 spiro atoms. The molecule has 5 N–H and O–H groups in total. The van der Waals surface area contributed by atoms with Gasteiger partial charge in [-0.2, -0.15) is 0 Å². The van der Waals surface area contributed by atoms with Crippen molar-refractivity contribution in [2.24, 2.45) is 0 Å². The molecule has 1 aliphatic rings. The molecule has 0 aliphatic carbocycles. The highest BCUT2D eigenvalue weighted by Crippen LogP contribution is 2.32. The third-order valence-corrected chi connectivity index (χ3v) is 6.72. The van der Waals surface area contributed by atoms with Crippen molar-refractivity contribution in [3.63, 3.8) is 0 Å². The van der Waals surface area contributed by atoms with Gasteiger partial charge < -0.3 is 30.9 Å². The second-order valence-corrected chi connectivity index (χ2v) is 10.7. The van der Waals surface area contributed by atoms with Gasteiger partial charge in [-0.3, -0.25) is 9.36 Å². The molecule has 4 rings (SSSR count). The Kier molecular flexibility index (Phi) is 8.08. The zero-order chi connectivity index (χ0) is 26.7. The second-order valence-electron chi connectivity index (χ2n) is 10.7. The molecular weight excluding hydrogens is 474 g/mol. The minimum Gasteiger partial charge on any atom is -0.387 e. The van der Waals surface area contributed by atoms with Gasteiger partial charge in [0.1, 0.15) is 30.2 Å². The number of nitrogens with one attached hydrogen (secondary N) is 1. The lowest BCUT2D eigenvalue weighted by molar-refractivity contribution is -0.116. The predicted octanol–water partition coefficient (Wildman–Crippen LogP) is 2.07. The number of aromatic nitrogens is 4. The van der Waals surface area contributed by atoms with Crippen molar-refractivity contribution in [2.75, 3.05) is 31.2 Å². The monoisotopic (exact) mass is 511 g/mol. The van der Waals surface area contributed by atoms with Crippen LogP contribution in [0.5, 0.6) is 0 Å². The summed E-state index contributed by atoms with van der Waals surface area (Å²) in [6.07, 6.45) is 1.12. The van der Waals surface area contributed by atoms with E-state index in [9.17, 15) is 15.0 Å². The molecule has 0 saturated carbocycles. The number of aliphatic hydroxyl groups is 2. The van der Waals surface area contributed by atoms with Crippen LogP contribution in [0.4, 0.5) is 11.5 Å². The second kappa shape index (κ2) is 11.1. The maximum atomic E-state index is 12.3. The Hall–Kier alpha value is -3.12. The molecule has 1 fully saturated rings. The zero-order valence-electron chi connectivity index (χ0n) is 21.8. The van der Waals surface area contributed by atoms with Gasteiger partial charge in [0.05, 0.1) is 6.33 Å². The molecule has 1 aromatic carbocycles. The Morgan fingerprint density at radius 2 is 1.86 bits per heavy atom. The number of hydrogen-bond acceptors (Lipinski definition) is 9. The fourth-order valence-corrected chi connectivity index (χ4v) is 4.51. The number of nitrogens with two attached hydrogens (primary N) is 1. The van der Waals surface area contributed by atoms with Gasteiger partial charge >= 0.3 is 0 Å². The van der Waals surface area contributed by atoms with Crippen LogP contribution < -0.4 is 11.1 Å². The number of imidazole rings is 1. The molecule has 0 bridgehead atoms. The van der Waals surface area contributed by atoms with Gasteiger partial charge in [0, 0.05) is 18.7 Å². The highest BCUT2D eigenvalue weighted by atomic mass is 16.6. The number of fused-ring (bicyclic) bond motifs is 1. The first-order valence-electron chi connectivity index (χ1n) is 12.6. The number of nitrogens with zero attached hydrogens (tertiary/aromatic N) is 5. The highest BCUT2D eigenvalue weighted by Gasteiger charge is 2.44. The van der Waals surface area contributed by atoms with E-state index in [1.807, 2.05) is 36.2 Å². The summed E-state index contributed by atoms with van der Waals surface area (Å²) < 4.78 is 7.57. The SMILES string of the molecule is CN(CCCCC(=O)Nc1ccc(C(C)(C)C)cc1)C[C@H]1O[C@@H](n2cnc3c(N)ncnc32)[C@H](O)[C@@H]1O. The van der Waals surface area contributed by atoms with E-state index in [1.165, 1.54) is 18.2 Å². The summed E-state index contributed by atoms with van der Waals surface area (Å²) in [5.74, 6) is 0.226. The average molecular weight is 512 g/mol. The standard InChI is InChI=1S/C26H37N7O4/c1-26(2,3)16-8-10-17(11-9-16)31-19(34)7-5-6-12-32(4)13-18-21(35)22(36)25(37-18)33-15-30-20-23(27)28-14-29-24(20)33/h8-11,14-15,18,21-22,25,35-36H,5-7,12-13H2,1-4H3,(H,31,34)(H2,27,28,29)/t18-,21-,22-,25-/m1/s1. The fraction of sp³-hybridized carbons (Fsp3) is 0.538. The minimum atomic E-state index is -1.15. The van der Waals surface area contributed by atoms with Crippen LogP contribution >= 0.6 is 0 Å². The van der Waals surface area contributed by atoms with Crippen molar-refractivity contribution in [2.45, 2.75) is 70.0 Å². The lowest BCUT2D eigenvalue weighted by atomic mass is 9.87. The maximum absolute atomic E-state index is 12.3. The lowest BCUT2D eigenvalue weighted by Gasteiger charge is -2.22. The van der Waals surface area contributed by atoms with Crippen LogP contribution in [0.3, 0.4) is 0 Å². The van der Waals surface area contributed by atoms with Crippen LogP contribution in [0.1, 0.15) is 51.8 Å². The number of benzene rings is 1. The first kappa shape index (κ1) is 26.9. The Labute approximate surface area is 216 Å². The summed E-state index contributed by atoms with van der Waals surface area (Å²) in [6, 6.07) is 7.97. The number of unbranched alkanes of at least 4 members (excludes halogenated alkanes) is 1. The van der Waals surface area contributed by atoms with Crippen molar-refractivity contribution in [3.05, 3.63) is 42.5 Å². The molecule has 1 amide bonds. The molecule has 11 heteroatoms. The number of ether oxygens (including phenoxy) is 1. The Morgan fingerprint density at radius 3 is 2.57 bits per heavy atom. The van der Waals surface area contributed by atoms with Gasteiger partial charge in [-0.25, -0.2) is 15.0 Å². The first-order chi connectivity index (χ1) is 17.5. The number of nitrogen functional groups attached to an aromatic ring is 1. The number of carbonyl (C=O) groups excluding carboxylic acids is 1. The summed E-state index contributed by atoms with van der Waals surface area (Å²) in [6.45, 7) is 7.62. The molecule has 0 radical (unpaired) electrons. The summed E-state index contributed by atoms with van der Waals surface area (Å²) in [5.41, 5.74) is 8.79. The van der Waals surface area contributed by atoms with Crippen LogP contribution in [-0.2, 0) is 14.9 Å². The van der Waals surface area contributed by atoms with Crippen molar-refractivity contribution in [3.8, 4) is 0 Å². The van der Waals surface area contributed by atoms with Crippen molar-refractivity contribution in [1.29, 1.82) is 0 Å². The van der Waals surface area contributed by atoms with Crippen molar-refractivity contribution < 1.29 is 19.7 Å². The number of rotatable bonds is 9. The molecule has 11 nitrogen and oxygen atoms in total. The van der Waals surface area contributed by atoms with Gasteiger partial charge in [0.2, 0.25) is 5.91 Å². The van der Waals surface area contributed by atoms with E-state index >= 15 is 0 Å². The van der Waals surface area contributed by atoms with Crippen LogP contribution in [0.25, 0.3) is 11.2 Å². The third-order valence-electron chi connectivity index (χ3n) is 6.72. The van der Waals surface area contributed by atoms with Gasteiger partial charge in [-0.15, -0.1) is 0 Å². The predicted molar refractivity (Wildman–Crippen MR) is 141 cm³/mol. The van der Waals surface area contributed by atoms with E-state index in [4.69, 9.17) is 10.5 Å². The molecular formula is C26H37N7O4. The van der Waals surface area contributed by atoms with Gasteiger partial charge in [0.25, 0.3) is 0 Å². The normalized spacial score (nSPS) is 22.1. The third kappa shape index (κ3) is 6.24. The summed E-state index contributed by atoms with van der Waals surface area (Å²) >= 11 is 0. The molecule has 0 unspecified atom stereocenters. The smallest absolute Gasteiger partial charge is 0.224 e. The molecule has 4 atom stereocenters. The summed E-state index contributed by atoms with van der Waals surface area (Å²) in [7, 11) is 1.92. The quantitative estimate of drug-likeness (QED) is 0.316. The Bertz CT molecular complexity index is 1210. The summed E-state index contributed by atoms with van der Waals surface area (Å²) in [4.78, 5) is 26.7. The lowest BCUT2D eigenvalue weighted by Crippen LogP contribution is -2.38. The van der Waals surface area contributed by atoms with E-state index in [0.29, 0.717) is 24.1 Å². The minimum absolute atomic E-state index is 0.0105. The van der Waals surface area contributed by atoms with E-state index in [0.717, 1.165) is 25.1 Å². The molecule has 3 aromatic rings. The van der Waals surface area contributed by atoms with Gasteiger partial charge in [-0.1, -0.05) is 32.9 Å². The van der Waals surface area contributed by atoms with Crippen LogP contribution in [0.15, 0.2) is 36.9 Å². The first-order valence-corrected chi connectivity index (χ1v) is 12.6. The molecule has 1 aliphatic heterocycles. The van der Waals surface area contributed by atoms with E-state index in [1.54, 1.807) is 4.57 Å². The zero-order valence-corrected chi connectivity index (χ0v) is 21.8. The highest BCUT2D eigenvalue weighted by molar-refractivity contribution is 5.90. The van der Waals surface area contributed by atoms with Crippen LogP contribution in [0.2, 0.25) is 0 Å². The Balaban J connectivity index is 1.21.